The third-order valence-electron chi connectivity index (χ3n) is 2.86. The lowest BCUT2D eigenvalue weighted by Gasteiger charge is -2.17. The average Bonchev–Trinajstić information content (AvgIpc) is 2.34. The smallest absolute Gasteiger partial charge is 0.126 e. The van der Waals surface area contributed by atoms with Crippen molar-refractivity contribution in [2.24, 2.45) is 0 Å². The molecule has 0 aliphatic rings. The van der Waals surface area contributed by atoms with Crippen LogP contribution in [-0.4, -0.2) is 28.1 Å². The SMILES string of the molecule is COCNCc1cc(OC)c(C)c(C)c1OC. The number of nitrogens with one attached hydrogen (secondary N) is 1. The van der Waals surface area contributed by atoms with E-state index in [-0.39, 0.29) is 0 Å². The summed E-state index contributed by atoms with van der Waals surface area (Å²) in [5, 5.41) is 3.17. The highest BCUT2D eigenvalue weighted by atomic mass is 16.5. The zero-order chi connectivity index (χ0) is 12.8. The maximum atomic E-state index is 5.45. The molecule has 0 amide bonds. The van der Waals surface area contributed by atoms with Gasteiger partial charge in [0.2, 0.25) is 0 Å². The second-order valence-electron chi connectivity index (χ2n) is 3.88. The minimum absolute atomic E-state index is 0.512. The van der Waals surface area contributed by atoms with Gasteiger partial charge >= 0.3 is 0 Å². The van der Waals surface area contributed by atoms with E-state index in [2.05, 4.69) is 5.32 Å². The molecule has 0 saturated carbocycles. The molecule has 0 aliphatic carbocycles. The Balaban J connectivity index is 3.04. The molecule has 1 rings (SSSR count). The zero-order valence-corrected chi connectivity index (χ0v) is 11.2. The molecule has 17 heavy (non-hydrogen) atoms. The summed E-state index contributed by atoms with van der Waals surface area (Å²) in [5.41, 5.74) is 3.30. The van der Waals surface area contributed by atoms with Gasteiger partial charge in [-0.15, -0.1) is 0 Å². The number of benzene rings is 1. The lowest BCUT2D eigenvalue weighted by Crippen LogP contribution is -2.17. The topological polar surface area (TPSA) is 39.7 Å². The van der Waals surface area contributed by atoms with Gasteiger partial charge in [0.15, 0.2) is 0 Å². The van der Waals surface area contributed by atoms with Gasteiger partial charge in [-0.1, -0.05) is 0 Å². The highest BCUT2D eigenvalue weighted by molar-refractivity contribution is 5.52. The maximum Gasteiger partial charge on any atom is 0.126 e. The van der Waals surface area contributed by atoms with Gasteiger partial charge in [-0.05, 0) is 31.0 Å². The van der Waals surface area contributed by atoms with Gasteiger partial charge in [0.25, 0.3) is 0 Å². The van der Waals surface area contributed by atoms with Gasteiger partial charge < -0.3 is 14.2 Å². The quantitative estimate of drug-likeness (QED) is 0.609. The summed E-state index contributed by atoms with van der Waals surface area (Å²) in [4.78, 5) is 0. The van der Waals surface area contributed by atoms with Gasteiger partial charge in [-0.2, -0.15) is 0 Å². The summed E-state index contributed by atoms with van der Waals surface area (Å²) in [5.74, 6) is 1.80. The first-order valence-corrected chi connectivity index (χ1v) is 5.56. The molecule has 0 heterocycles. The summed E-state index contributed by atoms with van der Waals surface area (Å²) < 4.78 is 15.8. The van der Waals surface area contributed by atoms with Crippen molar-refractivity contribution in [3.63, 3.8) is 0 Å². The van der Waals surface area contributed by atoms with Crippen molar-refractivity contribution in [1.82, 2.24) is 5.32 Å². The van der Waals surface area contributed by atoms with Crippen LogP contribution in [0.4, 0.5) is 0 Å². The molecule has 0 bridgehead atoms. The zero-order valence-electron chi connectivity index (χ0n) is 11.2. The summed E-state index contributed by atoms with van der Waals surface area (Å²) in [6, 6.07) is 2.00. The molecule has 0 radical (unpaired) electrons. The van der Waals surface area contributed by atoms with E-state index in [1.165, 1.54) is 0 Å². The number of methoxy groups -OCH3 is 3. The third kappa shape index (κ3) is 3.11. The minimum atomic E-state index is 0.512. The molecule has 0 aliphatic heterocycles. The van der Waals surface area contributed by atoms with Crippen LogP contribution < -0.4 is 14.8 Å². The monoisotopic (exact) mass is 239 g/mol. The van der Waals surface area contributed by atoms with Gasteiger partial charge in [0, 0.05) is 19.2 Å². The number of rotatable bonds is 6. The predicted octanol–water partition coefficient (Wildman–Crippen LogP) is 2.01. The van der Waals surface area contributed by atoms with Crippen LogP contribution in [0.25, 0.3) is 0 Å². The van der Waals surface area contributed by atoms with Crippen molar-refractivity contribution < 1.29 is 14.2 Å². The molecule has 1 aromatic carbocycles. The van der Waals surface area contributed by atoms with E-state index in [0.29, 0.717) is 13.3 Å². The Kier molecular flexibility index (Phi) is 5.25. The van der Waals surface area contributed by atoms with Crippen molar-refractivity contribution in [2.45, 2.75) is 20.4 Å². The van der Waals surface area contributed by atoms with Crippen LogP contribution in [0.3, 0.4) is 0 Å². The summed E-state index contributed by atoms with van der Waals surface area (Å²) in [6.07, 6.45) is 0. The first-order valence-electron chi connectivity index (χ1n) is 5.56. The van der Waals surface area contributed by atoms with Crippen LogP contribution in [0.1, 0.15) is 16.7 Å². The Labute approximate surface area is 103 Å². The fraction of sp³-hybridized carbons (Fsp3) is 0.538. The van der Waals surface area contributed by atoms with E-state index in [4.69, 9.17) is 14.2 Å². The Morgan fingerprint density at radius 2 is 1.76 bits per heavy atom. The molecule has 1 aromatic rings. The molecule has 0 saturated heterocycles. The molecule has 4 heteroatoms. The molecule has 0 spiro atoms. The average molecular weight is 239 g/mol. The van der Waals surface area contributed by atoms with Gasteiger partial charge in [-0.25, -0.2) is 0 Å². The van der Waals surface area contributed by atoms with Gasteiger partial charge in [0.05, 0.1) is 21.0 Å². The van der Waals surface area contributed by atoms with Crippen molar-refractivity contribution in [3.05, 3.63) is 22.8 Å². The minimum Gasteiger partial charge on any atom is -0.496 e. The van der Waals surface area contributed by atoms with Crippen LogP contribution >= 0.6 is 0 Å². The molecule has 0 fully saturated rings. The normalized spacial score (nSPS) is 10.4. The third-order valence-corrected chi connectivity index (χ3v) is 2.86. The Morgan fingerprint density at radius 1 is 1.06 bits per heavy atom. The predicted molar refractivity (Wildman–Crippen MR) is 67.7 cm³/mol. The lowest BCUT2D eigenvalue weighted by molar-refractivity contribution is 0.174. The van der Waals surface area contributed by atoms with Crippen molar-refractivity contribution in [2.75, 3.05) is 28.1 Å². The summed E-state index contributed by atoms with van der Waals surface area (Å²) >= 11 is 0. The largest absolute Gasteiger partial charge is 0.496 e. The van der Waals surface area contributed by atoms with E-state index < -0.39 is 0 Å². The van der Waals surface area contributed by atoms with E-state index in [0.717, 1.165) is 28.2 Å². The van der Waals surface area contributed by atoms with Crippen molar-refractivity contribution in [1.29, 1.82) is 0 Å². The number of ether oxygens (including phenoxy) is 3. The van der Waals surface area contributed by atoms with E-state index in [9.17, 15) is 0 Å². The molecule has 0 unspecified atom stereocenters. The van der Waals surface area contributed by atoms with Crippen LogP contribution in [0.5, 0.6) is 11.5 Å². The second kappa shape index (κ2) is 6.47. The first kappa shape index (κ1) is 13.8. The van der Waals surface area contributed by atoms with Crippen LogP contribution in [0, 0.1) is 13.8 Å². The number of hydrogen-bond donors (Lipinski definition) is 1. The Bertz CT molecular complexity index is 377. The van der Waals surface area contributed by atoms with E-state index >= 15 is 0 Å². The standard InChI is InChI=1S/C13H21NO3/c1-9-10(2)13(17-5)11(6-12(9)16-4)7-14-8-15-3/h6,14H,7-8H2,1-5H3. The lowest BCUT2D eigenvalue weighted by atomic mass is 10.0. The fourth-order valence-corrected chi connectivity index (χ4v) is 1.84. The molecule has 1 N–H and O–H groups in total. The molecule has 4 nitrogen and oxygen atoms in total. The molecule has 0 aromatic heterocycles. The Hall–Kier alpha value is -1.26. The molecular weight excluding hydrogens is 218 g/mol. The fourth-order valence-electron chi connectivity index (χ4n) is 1.84. The molecular formula is C13H21NO3. The summed E-state index contributed by atoms with van der Waals surface area (Å²) in [6.45, 7) is 5.27. The second-order valence-corrected chi connectivity index (χ2v) is 3.88. The Morgan fingerprint density at radius 3 is 2.29 bits per heavy atom. The van der Waals surface area contributed by atoms with Crippen LogP contribution in [-0.2, 0) is 11.3 Å². The van der Waals surface area contributed by atoms with E-state index in [1.54, 1.807) is 21.3 Å². The summed E-state index contributed by atoms with van der Waals surface area (Å²) in [7, 11) is 5.03. The highest BCUT2D eigenvalue weighted by Gasteiger charge is 2.13. The van der Waals surface area contributed by atoms with Gasteiger partial charge in [-0.3, -0.25) is 5.32 Å². The van der Waals surface area contributed by atoms with Gasteiger partial charge in [0.1, 0.15) is 11.5 Å². The van der Waals surface area contributed by atoms with Crippen LogP contribution in [0.15, 0.2) is 6.07 Å². The van der Waals surface area contributed by atoms with Crippen molar-refractivity contribution >= 4 is 0 Å². The highest BCUT2D eigenvalue weighted by Crippen LogP contribution is 2.33. The van der Waals surface area contributed by atoms with E-state index in [1.807, 2.05) is 19.9 Å². The number of hydrogen-bond acceptors (Lipinski definition) is 4. The molecule has 96 valence electrons. The maximum absolute atomic E-state index is 5.45. The van der Waals surface area contributed by atoms with Crippen molar-refractivity contribution in [3.8, 4) is 11.5 Å². The first-order chi connectivity index (χ1) is 8.15. The van der Waals surface area contributed by atoms with Crippen LogP contribution in [0.2, 0.25) is 0 Å². The molecule has 0 atom stereocenters.